The molecule has 0 atom stereocenters. The van der Waals surface area contributed by atoms with Gasteiger partial charge < -0.3 is 28.4 Å². The zero-order valence-corrected chi connectivity index (χ0v) is 16.9. The molecule has 8 heteroatoms. The molecule has 0 saturated carbocycles. The minimum atomic E-state index is -0.668. The fourth-order valence-corrected chi connectivity index (χ4v) is 2.85. The summed E-state index contributed by atoms with van der Waals surface area (Å²) in [5.74, 6) is 1.36. The van der Waals surface area contributed by atoms with E-state index in [-0.39, 0.29) is 5.56 Å². The fraction of sp³-hybridized carbons (Fsp3) is 0.273. The van der Waals surface area contributed by atoms with Crippen LogP contribution in [0.3, 0.4) is 0 Å². The van der Waals surface area contributed by atoms with Crippen LogP contribution in [0.2, 0.25) is 0 Å². The van der Waals surface area contributed by atoms with Crippen LogP contribution in [0.4, 0.5) is 0 Å². The van der Waals surface area contributed by atoms with Crippen LogP contribution in [0.15, 0.2) is 36.4 Å². The summed E-state index contributed by atoms with van der Waals surface area (Å²) in [6, 6.07) is 8.26. The average Bonchev–Trinajstić information content (AvgIpc) is 2.79. The lowest BCUT2D eigenvalue weighted by molar-refractivity contribution is -0.136. The highest BCUT2D eigenvalue weighted by Gasteiger charge is 2.18. The van der Waals surface area contributed by atoms with Gasteiger partial charge in [0.05, 0.1) is 26.9 Å². The van der Waals surface area contributed by atoms with E-state index in [9.17, 15) is 9.59 Å². The van der Waals surface area contributed by atoms with E-state index in [0.717, 1.165) is 0 Å². The molecule has 1 heterocycles. The summed E-state index contributed by atoms with van der Waals surface area (Å²) in [6.45, 7) is 0.440. The zero-order chi connectivity index (χ0) is 21.5. The molecule has 3 rings (SSSR count). The number of rotatable bonds is 8. The van der Waals surface area contributed by atoms with E-state index in [1.807, 2.05) is 0 Å². The van der Waals surface area contributed by atoms with Crippen LogP contribution in [-0.4, -0.2) is 52.9 Å². The highest BCUT2D eigenvalue weighted by Crippen LogP contribution is 2.40. The number of carbonyl (C=O) groups is 2. The summed E-state index contributed by atoms with van der Waals surface area (Å²) in [7, 11) is 4.47. The summed E-state index contributed by atoms with van der Waals surface area (Å²) < 4.78 is 31.8. The molecule has 2 aromatic carbocycles. The number of hydrogen-bond donors (Lipinski definition) is 0. The monoisotopic (exact) mass is 414 g/mol. The molecule has 30 heavy (non-hydrogen) atoms. The number of esters is 1. The van der Waals surface area contributed by atoms with E-state index in [4.69, 9.17) is 28.4 Å². The maximum Gasteiger partial charge on any atom is 0.331 e. The lowest BCUT2D eigenvalue weighted by atomic mass is 10.1. The Morgan fingerprint density at radius 2 is 1.73 bits per heavy atom. The number of benzene rings is 2. The summed E-state index contributed by atoms with van der Waals surface area (Å²) in [5, 5.41) is 0. The van der Waals surface area contributed by atoms with Gasteiger partial charge in [0.15, 0.2) is 18.1 Å². The van der Waals surface area contributed by atoms with Crippen molar-refractivity contribution >= 4 is 17.8 Å². The van der Waals surface area contributed by atoms with Crippen molar-refractivity contribution in [2.75, 3.05) is 41.2 Å². The molecule has 0 unspecified atom stereocenters. The fourth-order valence-electron chi connectivity index (χ4n) is 2.85. The Hall–Kier alpha value is -3.68. The molecule has 8 nitrogen and oxygen atoms in total. The van der Waals surface area contributed by atoms with Gasteiger partial charge in [0.2, 0.25) is 11.5 Å². The molecule has 0 N–H and O–H groups in total. The predicted octanol–water partition coefficient (Wildman–Crippen LogP) is 2.92. The molecule has 0 saturated heterocycles. The quantitative estimate of drug-likeness (QED) is 0.370. The van der Waals surface area contributed by atoms with Crippen LogP contribution in [-0.2, 0) is 9.53 Å². The highest BCUT2D eigenvalue weighted by molar-refractivity contribution is 6.01. The molecule has 0 aromatic heterocycles. The van der Waals surface area contributed by atoms with E-state index < -0.39 is 18.4 Å². The number of ketones is 1. The topological polar surface area (TPSA) is 89.5 Å². The van der Waals surface area contributed by atoms with Crippen LogP contribution in [0.25, 0.3) is 6.08 Å². The van der Waals surface area contributed by atoms with Crippen molar-refractivity contribution in [2.24, 2.45) is 0 Å². The second kappa shape index (κ2) is 9.69. The second-order valence-corrected chi connectivity index (χ2v) is 6.18. The SMILES string of the molecule is COc1ccc(OC)c(C(=O)COC(=O)/C=C/c2cc(OC)c3c(c2)OCCO3)c1. The van der Waals surface area contributed by atoms with E-state index in [1.165, 1.54) is 33.5 Å². The Kier molecular flexibility index (Phi) is 6.79. The number of methoxy groups -OCH3 is 3. The number of Topliss-reactive ketones (excluding diaryl/α,β-unsaturated/α-hetero) is 1. The van der Waals surface area contributed by atoms with Gasteiger partial charge >= 0.3 is 5.97 Å². The third kappa shape index (κ3) is 4.83. The summed E-state index contributed by atoms with van der Waals surface area (Å²) in [4.78, 5) is 24.5. The maximum absolute atomic E-state index is 12.4. The van der Waals surface area contributed by atoms with Crippen molar-refractivity contribution in [1.82, 2.24) is 0 Å². The van der Waals surface area contributed by atoms with Crippen LogP contribution in [0.1, 0.15) is 15.9 Å². The summed E-state index contributed by atoms with van der Waals surface area (Å²) in [6.07, 6.45) is 2.76. The van der Waals surface area contributed by atoms with E-state index in [2.05, 4.69) is 0 Å². The van der Waals surface area contributed by atoms with Crippen LogP contribution < -0.4 is 23.7 Å². The van der Waals surface area contributed by atoms with Crippen molar-refractivity contribution in [3.63, 3.8) is 0 Å². The minimum Gasteiger partial charge on any atom is -0.497 e. The van der Waals surface area contributed by atoms with Crippen molar-refractivity contribution in [3.8, 4) is 28.7 Å². The Morgan fingerprint density at radius 1 is 0.967 bits per heavy atom. The standard InChI is InChI=1S/C22H22O8/c1-25-15-5-6-18(26-2)16(12-15)17(23)13-30-21(24)7-4-14-10-19(27-3)22-20(11-14)28-8-9-29-22/h4-7,10-12H,8-9,13H2,1-3H3/b7-4+. The largest absolute Gasteiger partial charge is 0.497 e. The number of carbonyl (C=O) groups excluding carboxylic acids is 2. The van der Waals surface area contributed by atoms with Crippen LogP contribution in [0, 0.1) is 0 Å². The first-order valence-electron chi connectivity index (χ1n) is 9.13. The van der Waals surface area contributed by atoms with Crippen molar-refractivity contribution in [2.45, 2.75) is 0 Å². The molecule has 0 bridgehead atoms. The van der Waals surface area contributed by atoms with Gasteiger partial charge in [0.1, 0.15) is 24.7 Å². The van der Waals surface area contributed by atoms with Gasteiger partial charge in [-0.05, 0) is 42.0 Å². The predicted molar refractivity (Wildman–Crippen MR) is 108 cm³/mol. The van der Waals surface area contributed by atoms with Crippen molar-refractivity contribution < 1.29 is 38.0 Å². The molecule has 0 radical (unpaired) electrons. The van der Waals surface area contributed by atoms with Gasteiger partial charge in [-0.25, -0.2) is 4.79 Å². The second-order valence-electron chi connectivity index (χ2n) is 6.18. The Morgan fingerprint density at radius 3 is 2.47 bits per heavy atom. The average molecular weight is 414 g/mol. The highest BCUT2D eigenvalue weighted by atomic mass is 16.6. The Labute approximate surface area is 173 Å². The molecule has 1 aliphatic heterocycles. The van der Waals surface area contributed by atoms with E-state index >= 15 is 0 Å². The molecule has 158 valence electrons. The molecule has 1 aliphatic rings. The Bertz CT molecular complexity index is 947. The van der Waals surface area contributed by atoms with Crippen molar-refractivity contribution in [1.29, 1.82) is 0 Å². The lowest BCUT2D eigenvalue weighted by Gasteiger charge is -2.20. The number of ether oxygens (including phenoxy) is 6. The van der Waals surface area contributed by atoms with Crippen molar-refractivity contribution in [3.05, 3.63) is 47.5 Å². The normalized spacial score (nSPS) is 12.4. The molecule has 0 amide bonds. The van der Waals surface area contributed by atoms with Gasteiger partial charge in [0.25, 0.3) is 0 Å². The molecule has 0 fully saturated rings. The third-order valence-corrected chi connectivity index (χ3v) is 4.31. The zero-order valence-electron chi connectivity index (χ0n) is 16.9. The first-order valence-corrected chi connectivity index (χ1v) is 9.13. The molecule has 0 aliphatic carbocycles. The van der Waals surface area contributed by atoms with E-state index in [1.54, 1.807) is 30.3 Å². The maximum atomic E-state index is 12.4. The Balaban J connectivity index is 1.65. The van der Waals surface area contributed by atoms with Gasteiger partial charge in [-0.1, -0.05) is 0 Å². The van der Waals surface area contributed by atoms with Crippen LogP contribution >= 0.6 is 0 Å². The number of fused-ring (bicyclic) bond motifs is 1. The number of hydrogen-bond acceptors (Lipinski definition) is 8. The van der Waals surface area contributed by atoms with Gasteiger partial charge in [-0.15, -0.1) is 0 Å². The smallest absolute Gasteiger partial charge is 0.331 e. The molecular weight excluding hydrogens is 392 g/mol. The van der Waals surface area contributed by atoms with Gasteiger partial charge in [0, 0.05) is 6.08 Å². The first kappa shape index (κ1) is 21.0. The van der Waals surface area contributed by atoms with E-state index in [0.29, 0.717) is 47.5 Å². The molecule has 0 spiro atoms. The summed E-state index contributed by atoms with van der Waals surface area (Å²) in [5.41, 5.74) is 0.930. The van der Waals surface area contributed by atoms with Gasteiger partial charge in [-0.2, -0.15) is 0 Å². The molecule has 2 aromatic rings. The lowest BCUT2D eigenvalue weighted by Crippen LogP contribution is -2.16. The molecular formula is C22H22O8. The first-order chi connectivity index (χ1) is 14.5. The summed E-state index contributed by atoms with van der Waals surface area (Å²) >= 11 is 0. The van der Waals surface area contributed by atoms with Crippen LogP contribution in [0.5, 0.6) is 28.7 Å². The van der Waals surface area contributed by atoms with Gasteiger partial charge in [-0.3, -0.25) is 4.79 Å². The third-order valence-electron chi connectivity index (χ3n) is 4.31. The minimum absolute atomic E-state index is 0.269.